The third kappa shape index (κ3) is 4.89. The Morgan fingerprint density at radius 1 is 1.07 bits per heavy atom. The Bertz CT molecular complexity index is 1070. The van der Waals surface area contributed by atoms with Gasteiger partial charge in [-0.2, -0.15) is 0 Å². The summed E-state index contributed by atoms with van der Waals surface area (Å²) in [5.41, 5.74) is 4.01. The minimum Gasteiger partial charge on any atom is -1.00 e. The monoisotopic (exact) mass is 421 g/mol. The van der Waals surface area contributed by atoms with Gasteiger partial charge in [0.1, 0.15) is 11.5 Å². The largest absolute Gasteiger partial charge is 1.00 e. The highest BCUT2D eigenvalue weighted by Gasteiger charge is 2.27. The topological polar surface area (TPSA) is 39.4 Å². The molecule has 30 heavy (non-hydrogen) atoms. The highest BCUT2D eigenvalue weighted by Crippen LogP contribution is 2.34. The van der Waals surface area contributed by atoms with Crippen molar-refractivity contribution in [2.24, 2.45) is 0 Å². The van der Waals surface area contributed by atoms with E-state index in [0.717, 1.165) is 24.3 Å². The lowest BCUT2D eigenvalue weighted by Gasteiger charge is -2.05. The molecular weight excluding hydrogens is 398 g/mol. The average molecular weight is 422 g/mol. The van der Waals surface area contributed by atoms with E-state index in [4.69, 9.17) is 9.47 Å². The maximum absolute atomic E-state index is 12.6. The SMILES string of the molecule is CCCOc1ccc2c(c1)O/C(=C\c1cc[n+](Cc3cccc(C)c3)cc1)C2=O.[Cl-]. The molecule has 0 aliphatic carbocycles. The minimum atomic E-state index is -0.0986. The molecule has 1 aliphatic rings. The number of allylic oxidation sites excluding steroid dienone is 1. The lowest BCUT2D eigenvalue weighted by molar-refractivity contribution is -0.688. The van der Waals surface area contributed by atoms with Gasteiger partial charge in [0.15, 0.2) is 24.7 Å². The summed E-state index contributed by atoms with van der Waals surface area (Å²) >= 11 is 0. The first-order valence-corrected chi connectivity index (χ1v) is 9.88. The van der Waals surface area contributed by atoms with Crippen molar-refractivity contribution in [3.8, 4) is 11.5 Å². The molecule has 3 aromatic rings. The lowest BCUT2D eigenvalue weighted by Crippen LogP contribution is -3.00. The van der Waals surface area contributed by atoms with Gasteiger partial charge >= 0.3 is 0 Å². The Morgan fingerprint density at radius 2 is 1.87 bits per heavy atom. The van der Waals surface area contributed by atoms with Gasteiger partial charge < -0.3 is 21.9 Å². The summed E-state index contributed by atoms with van der Waals surface area (Å²) in [6, 6.07) is 17.8. The van der Waals surface area contributed by atoms with Crippen LogP contribution in [-0.2, 0) is 6.54 Å². The number of hydrogen-bond donors (Lipinski definition) is 0. The predicted octanol–water partition coefficient (Wildman–Crippen LogP) is 1.74. The van der Waals surface area contributed by atoms with Gasteiger partial charge in [0.05, 0.1) is 12.2 Å². The van der Waals surface area contributed by atoms with E-state index in [1.54, 1.807) is 18.2 Å². The van der Waals surface area contributed by atoms with Crippen molar-refractivity contribution in [1.29, 1.82) is 0 Å². The number of aromatic nitrogens is 1. The van der Waals surface area contributed by atoms with Crippen LogP contribution in [0.2, 0.25) is 0 Å². The number of aryl methyl sites for hydroxylation is 1. The van der Waals surface area contributed by atoms with Crippen LogP contribution in [0.4, 0.5) is 0 Å². The Kier molecular flexibility index (Phi) is 6.91. The fourth-order valence-electron chi connectivity index (χ4n) is 3.32. The van der Waals surface area contributed by atoms with Gasteiger partial charge in [0.2, 0.25) is 5.78 Å². The van der Waals surface area contributed by atoms with Crippen molar-refractivity contribution < 1.29 is 31.2 Å². The second-order valence-corrected chi connectivity index (χ2v) is 7.24. The van der Waals surface area contributed by atoms with E-state index in [0.29, 0.717) is 23.7 Å². The first-order valence-electron chi connectivity index (χ1n) is 9.88. The van der Waals surface area contributed by atoms with Crippen LogP contribution in [-0.4, -0.2) is 12.4 Å². The van der Waals surface area contributed by atoms with E-state index in [9.17, 15) is 4.79 Å². The van der Waals surface area contributed by atoms with Crippen LogP contribution in [0.5, 0.6) is 11.5 Å². The van der Waals surface area contributed by atoms with E-state index in [1.165, 1.54) is 11.1 Å². The zero-order valence-corrected chi connectivity index (χ0v) is 17.9. The minimum absolute atomic E-state index is 0. The van der Waals surface area contributed by atoms with E-state index >= 15 is 0 Å². The zero-order chi connectivity index (χ0) is 20.2. The van der Waals surface area contributed by atoms with Gasteiger partial charge in [-0.05, 0) is 43.2 Å². The summed E-state index contributed by atoms with van der Waals surface area (Å²) in [5, 5.41) is 0. The third-order valence-corrected chi connectivity index (χ3v) is 4.78. The summed E-state index contributed by atoms with van der Waals surface area (Å²) < 4.78 is 13.5. The smallest absolute Gasteiger partial charge is 0.231 e. The molecule has 0 spiro atoms. The number of ketones is 1. The molecule has 0 fully saturated rings. The van der Waals surface area contributed by atoms with Crippen molar-refractivity contribution >= 4 is 11.9 Å². The molecule has 2 heterocycles. The Morgan fingerprint density at radius 3 is 2.60 bits per heavy atom. The van der Waals surface area contributed by atoms with Gasteiger partial charge in [-0.15, -0.1) is 0 Å². The Hall–Kier alpha value is -3.11. The standard InChI is InChI=1S/C25H24NO3.ClH/c1-3-13-28-21-7-8-22-23(16-21)29-24(25(22)27)15-19-9-11-26(12-10-19)17-20-6-4-5-18(2)14-20;/h4-12,14-16H,3,13,17H2,1-2H3;1H/q+1;/p-1/b24-15-;. The normalized spacial score (nSPS) is 13.5. The van der Waals surface area contributed by atoms with Gasteiger partial charge in [0, 0.05) is 23.8 Å². The van der Waals surface area contributed by atoms with Crippen LogP contribution in [0.15, 0.2) is 72.8 Å². The molecule has 5 heteroatoms. The number of Topliss-reactive ketones (excluding diaryl/α,β-unsaturated/α-hetero) is 1. The molecule has 0 N–H and O–H groups in total. The number of fused-ring (bicyclic) bond motifs is 1. The highest BCUT2D eigenvalue weighted by atomic mass is 35.5. The van der Waals surface area contributed by atoms with E-state index < -0.39 is 0 Å². The number of pyridine rings is 1. The fourth-order valence-corrected chi connectivity index (χ4v) is 3.32. The summed E-state index contributed by atoms with van der Waals surface area (Å²) in [5.74, 6) is 1.51. The molecule has 0 bridgehead atoms. The number of halogens is 1. The average Bonchev–Trinajstić information content (AvgIpc) is 3.03. The summed E-state index contributed by atoms with van der Waals surface area (Å²) in [4.78, 5) is 12.6. The van der Waals surface area contributed by atoms with Gasteiger partial charge in [-0.3, -0.25) is 4.79 Å². The molecular formula is C25H24ClNO3. The second kappa shape index (κ2) is 9.59. The Balaban J connectivity index is 0.00000256. The molecule has 1 aliphatic heterocycles. The number of benzene rings is 2. The van der Waals surface area contributed by atoms with Crippen LogP contribution < -0.4 is 26.4 Å². The van der Waals surface area contributed by atoms with Gasteiger partial charge in [-0.1, -0.05) is 30.7 Å². The van der Waals surface area contributed by atoms with Crippen LogP contribution in [0.3, 0.4) is 0 Å². The zero-order valence-electron chi connectivity index (χ0n) is 17.1. The molecule has 0 saturated heterocycles. The molecule has 0 saturated carbocycles. The van der Waals surface area contributed by atoms with E-state index in [-0.39, 0.29) is 18.2 Å². The number of carbonyl (C=O) groups is 1. The molecule has 0 atom stereocenters. The fraction of sp³-hybridized carbons (Fsp3) is 0.200. The maximum atomic E-state index is 12.6. The Labute approximate surface area is 183 Å². The maximum Gasteiger partial charge on any atom is 0.231 e. The van der Waals surface area contributed by atoms with Crippen molar-refractivity contribution in [3.63, 3.8) is 0 Å². The molecule has 4 nitrogen and oxygen atoms in total. The first kappa shape index (κ1) is 21.6. The van der Waals surface area contributed by atoms with E-state index in [1.807, 2.05) is 30.6 Å². The molecule has 0 unspecified atom stereocenters. The van der Waals surface area contributed by atoms with Crippen LogP contribution in [0.1, 0.15) is 40.4 Å². The highest BCUT2D eigenvalue weighted by molar-refractivity contribution is 6.14. The van der Waals surface area contributed by atoms with Crippen molar-refractivity contribution in [1.82, 2.24) is 0 Å². The van der Waals surface area contributed by atoms with Crippen LogP contribution in [0.25, 0.3) is 6.08 Å². The molecule has 0 radical (unpaired) electrons. The van der Waals surface area contributed by atoms with Crippen LogP contribution >= 0.6 is 0 Å². The summed E-state index contributed by atoms with van der Waals surface area (Å²) in [7, 11) is 0. The number of ether oxygens (including phenoxy) is 2. The van der Waals surface area contributed by atoms with Gasteiger partial charge in [-0.25, -0.2) is 4.57 Å². The predicted molar refractivity (Wildman–Crippen MR) is 112 cm³/mol. The lowest BCUT2D eigenvalue weighted by atomic mass is 10.1. The third-order valence-electron chi connectivity index (χ3n) is 4.78. The van der Waals surface area contributed by atoms with Crippen molar-refractivity contribution in [3.05, 3.63) is 95.0 Å². The molecule has 154 valence electrons. The summed E-state index contributed by atoms with van der Waals surface area (Å²) in [6.45, 7) is 5.60. The summed E-state index contributed by atoms with van der Waals surface area (Å²) in [6.07, 6.45) is 6.74. The number of nitrogens with zero attached hydrogens (tertiary/aromatic N) is 1. The number of carbonyl (C=O) groups excluding carboxylic acids is 1. The molecule has 1 aromatic heterocycles. The van der Waals surface area contributed by atoms with Gasteiger partial charge in [0.25, 0.3) is 0 Å². The number of rotatable bonds is 6. The van der Waals surface area contributed by atoms with Crippen molar-refractivity contribution in [2.75, 3.05) is 6.61 Å². The first-order chi connectivity index (χ1) is 14.1. The molecule has 2 aromatic carbocycles. The molecule has 4 rings (SSSR count). The molecule has 0 amide bonds. The quantitative estimate of drug-likeness (QED) is 0.449. The van der Waals surface area contributed by atoms with E-state index in [2.05, 4.69) is 42.7 Å². The second-order valence-electron chi connectivity index (χ2n) is 7.24. The number of hydrogen-bond acceptors (Lipinski definition) is 3. The van der Waals surface area contributed by atoms with Crippen LogP contribution in [0, 0.1) is 6.92 Å². The van der Waals surface area contributed by atoms with Crippen molar-refractivity contribution in [2.45, 2.75) is 26.8 Å².